The van der Waals surface area contributed by atoms with Gasteiger partial charge in [-0.05, 0) is 55.9 Å². The number of nitrogens with zero attached hydrogens (tertiary/aromatic N) is 2. The van der Waals surface area contributed by atoms with Crippen molar-refractivity contribution >= 4 is 34.6 Å². The minimum Gasteiger partial charge on any atom is -0.383 e. The highest BCUT2D eigenvalue weighted by molar-refractivity contribution is 7.80. The number of benzene rings is 1. The molecule has 0 fully saturated rings. The van der Waals surface area contributed by atoms with E-state index in [0.717, 1.165) is 16.9 Å². The zero-order valence-electron chi connectivity index (χ0n) is 14.1. The molecule has 1 heterocycles. The van der Waals surface area contributed by atoms with E-state index in [2.05, 4.69) is 22.1 Å². The van der Waals surface area contributed by atoms with Gasteiger partial charge in [0.25, 0.3) is 0 Å². The van der Waals surface area contributed by atoms with Crippen molar-refractivity contribution in [3.8, 4) is 0 Å². The Balaban J connectivity index is 2.20. The fraction of sp³-hybridized carbons (Fsp3) is 0.333. The van der Waals surface area contributed by atoms with E-state index in [1.807, 2.05) is 43.3 Å². The zero-order chi connectivity index (χ0) is 17.5. The Morgan fingerprint density at radius 3 is 2.79 bits per heavy atom. The van der Waals surface area contributed by atoms with Gasteiger partial charge in [0.1, 0.15) is 0 Å². The van der Waals surface area contributed by atoms with Crippen LogP contribution >= 0.6 is 23.8 Å². The molecule has 0 aliphatic carbocycles. The number of hydrogen-bond donors (Lipinski definition) is 1. The van der Waals surface area contributed by atoms with Crippen molar-refractivity contribution in [2.24, 2.45) is 0 Å². The Bertz CT molecular complexity index is 681. The van der Waals surface area contributed by atoms with Gasteiger partial charge in [-0.1, -0.05) is 23.7 Å². The average molecular weight is 364 g/mol. The second-order valence-electron chi connectivity index (χ2n) is 5.46. The lowest BCUT2D eigenvalue weighted by atomic mass is 10.2. The molecule has 128 valence electrons. The van der Waals surface area contributed by atoms with E-state index >= 15 is 0 Å². The van der Waals surface area contributed by atoms with Crippen LogP contribution in [0.4, 0.5) is 5.69 Å². The third-order valence-corrected chi connectivity index (χ3v) is 4.64. The molecule has 1 aromatic heterocycles. The number of halogens is 1. The number of nitrogens with one attached hydrogen (secondary N) is 1. The summed E-state index contributed by atoms with van der Waals surface area (Å²) in [5, 5.41) is 4.63. The van der Waals surface area contributed by atoms with Crippen molar-refractivity contribution in [2.75, 3.05) is 25.6 Å². The van der Waals surface area contributed by atoms with E-state index < -0.39 is 0 Å². The summed E-state index contributed by atoms with van der Waals surface area (Å²) < 4.78 is 5.23. The lowest BCUT2D eigenvalue weighted by molar-refractivity contribution is 0.164. The minimum atomic E-state index is 0.0286. The maximum Gasteiger partial charge on any atom is 0.174 e. The van der Waals surface area contributed by atoms with Crippen LogP contribution in [0.1, 0.15) is 24.2 Å². The summed E-state index contributed by atoms with van der Waals surface area (Å²) in [4.78, 5) is 6.51. The highest BCUT2D eigenvalue weighted by Gasteiger charge is 2.20. The quantitative estimate of drug-likeness (QED) is 0.767. The number of ether oxygens (including phenoxy) is 1. The lowest BCUT2D eigenvalue weighted by Gasteiger charge is -2.31. The molecular weight excluding hydrogens is 342 g/mol. The fourth-order valence-corrected chi connectivity index (χ4v) is 2.91. The van der Waals surface area contributed by atoms with Crippen LogP contribution in [0.3, 0.4) is 0 Å². The van der Waals surface area contributed by atoms with E-state index in [-0.39, 0.29) is 6.04 Å². The van der Waals surface area contributed by atoms with Gasteiger partial charge < -0.3 is 15.0 Å². The van der Waals surface area contributed by atoms with Crippen molar-refractivity contribution in [3.05, 3.63) is 58.9 Å². The fourth-order valence-electron chi connectivity index (χ4n) is 2.37. The second kappa shape index (κ2) is 8.97. The molecule has 6 heteroatoms. The molecule has 1 N–H and O–H groups in total. The smallest absolute Gasteiger partial charge is 0.174 e. The normalized spacial score (nSPS) is 11.8. The van der Waals surface area contributed by atoms with Gasteiger partial charge >= 0.3 is 0 Å². The first kappa shape index (κ1) is 18.6. The Morgan fingerprint density at radius 2 is 2.12 bits per heavy atom. The number of pyridine rings is 1. The van der Waals surface area contributed by atoms with Crippen molar-refractivity contribution in [3.63, 3.8) is 0 Å². The minimum absolute atomic E-state index is 0.0286. The molecule has 0 spiro atoms. The summed E-state index contributed by atoms with van der Waals surface area (Å²) in [5.41, 5.74) is 2.84. The Hall–Kier alpha value is -1.69. The molecule has 4 nitrogen and oxygen atoms in total. The number of anilines is 1. The van der Waals surface area contributed by atoms with Gasteiger partial charge in [0.15, 0.2) is 5.11 Å². The molecule has 0 saturated carbocycles. The molecule has 0 saturated heterocycles. The average Bonchev–Trinajstić information content (AvgIpc) is 2.60. The molecule has 0 aliphatic heterocycles. The molecule has 0 amide bonds. The Labute approximate surface area is 153 Å². The van der Waals surface area contributed by atoms with E-state index in [4.69, 9.17) is 28.6 Å². The molecule has 1 aromatic carbocycles. The van der Waals surface area contributed by atoms with Gasteiger partial charge in [-0.25, -0.2) is 0 Å². The number of rotatable bonds is 6. The van der Waals surface area contributed by atoms with Crippen molar-refractivity contribution in [2.45, 2.75) is 19.9 Å². The van der Waals surface area contributed by atoms with Crippen LogP contribution in [0.5, 0.6) is 0 Å². The van der Waals surface area contributed by atoms with Crippen LogP contribution in [0.25, 0.3) is 0 Å². The largest absolute Gasteiger partial charge is 0.383 e. The van der Waals surface area contributed by atoms with E-state index in [9.17, 15) is 0 Å². The van der Waals surface area contributed by atoms with E-state index in [1.54, 1.807) is 13.3 Å². The maximum atomic E-state index is 6.19. The molecule has 2 aromatic rings. The first-order valence-electron chi connectivity index (χ1n) is 7.77. The van der Waals surface area contributed by atoms with E-state index in [1.165, 1.54) is 0 Å². The van der Waals surface area contributed by atoms with Gasteiger partial charge in [-0.15, -0.1) is 0 Å². The molecular formula is C18H22ClN3OS. The van der Waals surface area contributed by atoms with Crippen LogP contribution in [0.15, 0.2) is 42.6 Å². The molecule has 24 heavy (non-hydrogen) atoms. The van der Waals surface area contributed by atoms with Gasteiger partial charge in [0.2, 0.25) is 0 Å². The maximum absolute atomic E-state index is 6.19. The highest BCUT2D eigenvalue weighted by atomic mass is 35.5. The zero-order valence-corrected chi connectivity index (χ0v) is 15.7. The van der Waals surface area contributed by atoms with Gasteiger partial charge in [-0.2, -0.15) is 0 Å². The standard InChI is InChI=1S/C18H22ClN3OS/c1-13-15(19)7-6-9-16(13)21-18(24)22(11-12-23-3)14(2)17-8-4-5-10-20-17/h4-10,14H,11-12H2,1-3H3,(H,21,24)/t14-/m0/s1. The number of hydrogen-bond acceptors (Lipinski definition) is 3. The van der Waals surface area contributed by atoms with Crippen LogP contribution < -0.4 is 5.32 Å². The third-order valence-electron chi connectivity index (χ3n) is 3.89. The summed E-state index contributed by atoms with van der Waals surface area (Å²) in [5.74, 6) is 0. The van der Waals surface area contributed by atoms with Gasteiger partial charge in [-0.3, -0.25) is 4.98 Å². The van der Waals surface area contributed by atoms with Crippen LogP contribution in [-0.4, -0.2) is 35.3 Å². The molecule has 0 radical (unpaired) electrons. The summed E-state index contributed by atoms with van der Waals surface area (Å²) in [6, 6.07) is 11.6. The van der Waals surface area contributed by atoms with Crippen molar-refractivity contribution < 1.29 is 4.74 Å². The first-order valence-corrected chi connectivity index (χ1v) is 8.55. The van der Waals surface area contributed by atoms with Crippen LogP contribution in [0, 0.1) is 6.92 Å². The number of thiocarbonyl (C=S) groups is 1. The molecule has 2 rings (SSSR count). The number of methoxy groups -OCH3 is 1. The monoisotopic (exact) mass is 363 g/mol. The molecule has 0 aliphatic rings. The molecule has 1 atom stereocenters. The highest BCUT2D eigenvalue weighted by Crippen LogP contribution is 2.25. The number of aromatic nitrogens is 1. The Kier molecular flexibility index (Phi) is 6.97. The summed E-state index contributed by atoms with van der Waals surface area (Å²) in [6.45, 7) is 5.29. The van der Waals surface area contributed by atoms with Crippen molar-refractivity contribution in [1.29, 1.82) is 0 Å². The van der Waals surface area contributed by atoms with Crippen molar-refractivity contribution in [1.82, 2.24) is 9.88 Å². The molecule has 0 unspecified atom stereocenters. The van der Waals surface area contributed by atoms with Crippen LogP contribution in [0.2, 0.25) is 5.02 Å². The van der Waals surface area contributed by atoms with Crippen LogP contribution in [-0.2, 0) is 4.74 Å². The predicted molar refractivity (Wildman–Crippen MR) is 104 cm³/mol. The predicted octanol–water partition coefficient (Wildman–Crippen LogP) is 4.45. The summed E-state index contributed by atoms with van der Waals surface area (Å²) in [7, 11) is 1.68. The van der Waals surface area contributed by atoms with E-state index in [0.29, 0.717) is 23.3 Å². The SMILES string of the molecule is COCCN(C(=S)Nc1cccc(Cl)c1C)[C@@H](C)c1ccccn1. The summed E-state index contributed by atoms with van der Waals surface area (Å²) in [6.07, 6.45) is 1.79. The molecule has 0 bridgehead atoms. The van der Waals surface area contributed by atoms with Gasteiger partial charge in [0.05, 0.1) is 18.3 Å². The third kappa shape index (κ3) is 4.66. The first-order chi connectivity index (χ1) is 11.5. The summed E-state index contributed by atoms with van der Waals surface area (Å²) >= 11 is 11.8. The lowest BCUT2D eigenvalue weighted by Crippen LogP contribution is -2.39. The Morgan fingerprint density at radius 1 is 1.33 bits per heavy atom. The van der Waals surface area contributed by atoms with Gasteiger partial charge in [0, 0.05) is 30.6 Å². The second-order valence-corrected chi connectivity index (χ2v) is 6.25. The topological polar surface area (TPSA) is 37.4 Å².